The van der Waals surface area contributed by atoms with Crippen LogP contribution in [0, 0.1) is 0 Å². The fourth-order valence-corrected chi connectivity index (χ4v) is 4.07. The first kappa shape index (κ1) is 23.1. The molecular weight excluding hydrogens is 432 g/mol. The minimum absolute atomic E-state index is 0.0499. The number of esters is 1. The van der Waals surface area contributed by atoms with Crippen LogP contribution in [0.1, 0.15) is 12.5 Å². The Morgan fingerprint density at radius 2 is 1.81 bits per heavy atom. The lowest BCUT2D eigenvalue weighted by Gasteiger charge is -2.07. The molecule has 0 aliphatic carbocycles. The summed E-state index contributed by atoms with van der Waals surface area (Å²) in [6.45, 7) is 1.97. The molecule has 0 saturated heterocycles. The number of amides is 1. The van der Waals surface area contributed by atoms with Crippen LogP contribution in [0.4, 0.5) is 0 Å². The second-order valence-corrected chi connectivity index (χ2v) is 7.52. The zero-order chi connectivity index (χ0) is 23.1. The molecule has 0 unspecified atom stereocenters. The number of aromatic nitrogens is 1. The van der Waals surface area contributed by atoms with Crippen LogP contribution in [0.3, 0.4) is 0 Å². The molecule has 168 valence electrons. The Kier molecular flexibility index (Phi) is 7.67. The predicted octanol–water partition coefficient (Wildman–Crippen LogP) is 3.43. The van der Waals surface area contributed by atoms with Crippen LogP contribution >= 0.6 is 11.3 Å². The number of thiazole rings is 1. The quantitative estimate of drug-likeness (QED) is 0.381. The van der Waals surface area contributed by atoms with E-state index in [0.717, 1.165) is 15.8 Å². The average molecular weight is 457 g/mol. The highest BCUT2D eigenvalue weighted by molar-refractivity contribution is 7.16. The van der Waals surface area contributed by atoms with E-state index in [1.165, 1.54) is 17.4 Å². The summed E-state index contributed by atoms with van der Waals surface area (Å²) in [4.78, 5) is 29.3. The lowest BCUT2D eigenvalue weighted by atomic mass is 10.2. The van der Waals surface area contributed by atoms with Gasteiger partial charge in [-0.15, -0.1) is 0 Å². The van der Waals surface area contributed by atoms with Gasteiger partial charge in [0.25, 0.3) is 5.91 Å². The second kappa shape index (κ2) is 10.6. The van der Waals surface area contributed by atoms with Gasteiger partial charge in [-0.1, -0.05) is 17.4 Å². The van der Waals surface area contributed by atoms with Crippen molar-refractivity contribution >= 4 is 39.5 Å². The van der Waals surface area contributed by atoms with Crippen LogP contribution in [0.25, 0.3) is 16.3 Å². The molecule has 0 bridgehead atoms. The number of rotatable bonds is 8. The first-order valence-corrected chi connectivity index (χ1v) is 10.6. The standard InChI is InChI=1S/C23H24N2O6S/c1-5-31-22(27)14-25-17-9-8-16(28-2)13-20(17)32-23(25)24-21(26)11-7-15-6-10-18(29-3)19(12-15)30-4/h6-13H,5,14H2,1-4H3. The fourth-order valence-electron chi connectivity index (χ4n) is 3.01. The Morgan fingerprint density at radius 3 is 2.50 bits per heavy atom. The van der Waals surface area contributed by atoms with E-state index < -0.39 is 11.9 Å². The van der Waals surface area contributed by atoms with Gasteiger partial charge in [0.05, 0.1) is 38.2 Å². The first-order valence-electron chi connectivity index (χ1n) is 9.80. The maximum absolute atomic E-state index is 12.6. The van der Waals surface area contributed by atoms with Crippen LogP contribution in [0.15, 0.2) is 47.5 Å². The van der Waals surface area contributed by atoms with Crippen molar-refractivity contribution in [3.05, 3.63) is 52.8 Å². The maximum Gasteiger partial charge on any atom is 0.326 e. The molecule has 1 amide bonds. The molecule has 0 saturated carbocycles. The van der Waals surface area contributed by atoms with Gasteiger partial charge in [-0.2, -0.15) is 4.99 Å². The summed E-state index contributed by atoms with van der Waals surface area (Å²) in [6, 6.07) is 10.8. The normalized spacial score (nSPS) is 11.7. The number of methoxy groups -OCH3 is 3. The molecule has 9 heteroatoms. The van der Waals surface area contributed by atoms with E-state index in [1.807, 2.05) is 12.1 Å². The van der Waals surface area contributed by atoms with Crippen LogP contribution in [-0.4, -0.2) is 44.4 Å². The Labute approximate surface area is 189 Å². The lowest BCUT2D eigenvalue weighted by Crippen LogP contribution is -2.22. The SMILES string of the molecule is CCOC(=O)Cn1c(=NC(=O)C=Cc2ccc(OC)c(OC)c2)sc2cc(OC)ccc21. The molecule has 1 aromatic heterocycles. The summed E-state index contributed by atoms with van der Waals surface area (Å²) in [6.07, 6.45) is 3.00. The predicted molar refractivity (Wildman–Crippen MR) is 122 cm³/mol. The zero-order valence-corrected chi connectivity index (χ0v) is 19.1. The van der Waals surface area contributed by atoms with Crippen molar-refractivity contribution in [1.29, 1.82) is 0 Å². The lowest BCUT2D eigenvalue weighted by molar-refractivity contribution is -0.143. The van der Waals surface area contributed by atoms with Gasteiger partial charge in [0.15, 0.2) is 16.3 Å². The fraction of sp³-hybridized carbons (Fsp3) is 0.261. The molecule has 0 N–H and O–H groups in total. The summed E-state index contributed by atoms with van der Waals surface area (Å²) in [7, 11) is 4.68. The van der Waals surface area contributed by atoms with E-state index in [9.17, 15) is 9.59 Å². The number of carbonyl (C=O) groups is 2. The molecule has 1 heterocycles. The van der Waals surface area contributed by atoms with Gasteiger partial charge in [0.2, 0.25) is 0 Å². The molecule has 0 spiro atoms. The van der Waals surface area contributed by atoms with Crippen molar-refractivity contribution in [3.63, 3.8) is 0 Å². The van der Waals surface area contributed by atoms with E-state index in [-0.39, 0.29) is 13.2 Å². The third kappa shape index (κ3) is 5.36. The van der Waals surface area contributed by atoms with Gasteiger partial charge in [-0.3, -0.25) is 9.59 Å². The number of nitrogens with zero attached hydrogens (tertiary/aromatic N) is 2. The maximum atomic E-state index is 12.6. The molecule has 3 rings (SSSR count). The van der Waals surface area contributed by atoms with E-state index in [0.29, 0.717) is 22.0 Å². The minimum Gasteiger partial charge on any atom is -0.497 e. The van der Waals surface area contributed by atoms with Gasteiger partial charge in [-0.05, 0) is 48.9 Å². The molecule has 0 aliphatic heterocycles. The third-order valence-electron chi connectivity index (χ3n) is 4.51. The van der Waals surface area contributed by atoms with Crippen molar-refractivity contribution in [2.24, 2.45) is 4.99 Å². The Balaban J connectivity index is 1.96. The molecule has 8 nitrogen and oxygen atoms in total. The first-order chi connectivity index (χ1) is 15.5. The molecule has 0 radical (unpaired) electrons. The van der Waals surface area contributed by atoms with E-state index >= 15 is 0 Å². The van der Waals surface area contributed by atoms with Gasteiger partial charge >= 0.3 is 5.97 Å². The number of hydrogen-bond donors (Lipinski definition) is 0. The van der Waals surface area contributed by atoms with Crippen LogP contribution in [0.5, 0.6) is 17.2 Å². The number of fused-ring (bicyclic) bond motifs is 1. The number of ether oxygens (including phenoxy) is 4. The Morgan fingerprint density at radius 1 is 1.03 bits per heavy atom. The molecule has 32 heavy (non-hydrogen) atoms. The number of benzene rings is 2. The van der Waals surface area contributed by atoms with Crippen molar-refractivity contribution < 1.29 is 28.5 Å². The van der Waals surface area contributed by atoms with Crippen LogP contribution in [-0.2, 0) is 20.9 Å². The van der Waals surface area contributed by atoms with Crippen molar-refractivity contribution in [2.45, 2.75) is 13.5 Å². The summed E-state index contributed by atoms with van der Waals surface area (Å²) in [5.74, 6) is 0.966. The van der Waals surface area contributed by atoms with E-state index in [1.54, 1.807) is 63.2 Å². The summed E-state index contributed by atoms with van der Waals surface area (Å²) < 4.78 is 23.4. The monoisotopic (exact) mass is 456 g/mol. The van der Waals surface area contributed by atoms with Gasteiger partial charge in [-0.25, -0.2) is 0 Å². The van der Waals surface area contributed by atoms with Crippen molar-refractivity contribution in [1.82, 2.24) is 4.57 Å². The van der Waals surface area contributed by atoms with Crippen molar-refractivity contribution in [3.8, 4) is 17.2 Å². The Hall–Kier alpha value is -3.59. The van der Waals surface area contributed by atoms with Gasteiger partial charge < -0.3 is 23.5 Å². The molecule has 0 atom stereocenters. The van der Waals surface area contributed by atoms with Crippen molar-refractivity contribution in [2.75, 3.05) is 27.9 Å². The average Bonchev–Trinajstić information content (AvgIpc) is 3.13. The molecular formula is C23H24N2O6S. The number of hydrogen-bond acceptors (Lipinski definition) is 7. The molecule has 0 fully saturated rings. The van der Waals surface area contributed by atoms with Crippen LogP contribution in [0.2, 0.25) is 0 Å². The highest BCUT2D eigenvalue weighted by Gasteiger charge is 2.12. The van der Waals surface area contributed by atoms with E-state index in [4.69, 9.17) is 18.9 Å². The van der Waals surface area contributed by atoms with Gasteiger partial charge in [0, 0.05) is 6.08 Å². The largest absolute Gasteiger partial charge is 0.497 e. The number of carbonyl (C=O) groups excluding carboxylic acids is 2. The Bertz CT molecular complexity index is 1220. The van der Waals surface area contributed by atoms with E-state index in [2.05, 4.69) is 4.99 Å². The molecule has 0 aliphatic rings. The van der Waals surface area contributed by atoms with Crippen LogP contribution < -0.4 is 19.0 Å². The smallest absolute Gasteiger partial charge is 0.326 e. The second-order valence-electron chi connectivity index (χ2n) is 6.51. The summed E-state index contributed by atoms with van der Waals surface area (Å²) in [5, 5.41) is 0. The highest BCUT2D eigenvalue weighted by atomic mass is 32.1. The highest BCUT2D eigenvalue weighted by Crippen LogP contribution is 2.28. The topological polar surface area (TPSA) is 88.4 Å². The summed E-state index contributed by atoms with van der Waals surface area (Å²) in [5.41, 5.74) is 1.52. The minimum atomic E-state index is -0.462. The molecule has 2 aromatic carbocycles. The third-order valence-corrected chi connectivity index (χ3v) is 5.56. The van der Waals surface area contributed by atoms with Gasteiger partial charge in [0.1, 0.15) is 12.3 Å². The zero-order valence-electron chi connectivity index (χ0n) is 18.3. The summed E-state index contributed by atoms with van der Waals surface area (Å²) >= 11 is 1.29. The molecule has 3 aromatic rings.